The van der Waals surface area contributed by atoms with Gasteiger partial charge in [-0.25, -0.2) is 0 Å². The summed E-state index contributed by atoms with van der Waals surface area (Å²) in [5.41, 5.74) is 0.393. The molecule has 0 saturated carbocycles. The number of guanidine groups is 1. The highest BCUT2D eigenvalue weighted by atomic mass is 16.5. The van der Waals surface area contributed by atoms with Gasteiger partial charge >= 0.3 is 0 Å². The molecule has 4 heteroatoms. The lowest BCUT2D eigenvalue weighted by atomic mass is 9.89. The van der Waals surface area contributed by atoms with Crippen LogP contribution in [-0.2, 0) is 4.74 Å². The van der Waals surface area contributed by atoms with Gasteiger partial charge in [0.2, 0.25) is 0 Å². The normalized spacial score (nSPS) is 14.3. The van der Waals surface area contributed by atoms with Crippen molar-refractivity contribution in [1.82, 2.24) is 10.6 Å². The fourth-order valence-electron chi connectivity index (χ4n) is 1.68. The fourth-order valence-corrected chi connectivity index (χ4v) is 1.68. The van der Waals surface area contributed by atoms with E-state index in [-0.39, 0.29) is 0 Å². The molecule has 4 nitrogen and oxygen atoms in total. The molecule has 0 amide bonds. The molecule has 0 spiro atoms. The van der Waals surface area contributed by atoms with Gasteiger partial charge in [0.25, 0.3) is 0 Å². The van der Waals surface area contributed by atoms with E-state index in [1.54, 1.807) is 0 Å². The van der Waals surface area contributed by atoms with E-state index in [0.29, 0.717) is 11.5 Å². The first-order chi connectivity index (χ1) is 8.89. The lowest BCUT2D eigenvalue weighted by molar-refractivity contribution is 0.145. The van der Waals surface area contributed by atoms with Crippen LogP contribution in [0.1, 0.15) is 53.9 Å². The molecule has 19 heavy (non-hydrogen) atoms. The lowest BCUT2D eigenvalue weighted by Crippen LogP contribution is -2.43. The summed E-state index contributed by atoms with van der Waals surface area (Å²) in [6, 6.07) is 0.442. The van der Waals surface area contributed by atoms with Crippen LogP contribution in [0, 0.1) is 5.41 Å². The first kappa shape index (κ1) is 18.2. The van der Waals surface area contributed by atoms with E-state index in [9.17, 15) is 0 Å². The second kappa shape index (κ2) is 10.1. The van der Waals surface area contributed by atoms with Crippen molar-refractivity contribution in [2.45, 2.75) is 59.9 Å². The summed E-state index contributed by atoms with van der Waals surface area (Å²) in [4.78, 5) is 4.24. The van der Waals surface area contributed by atoms with Gasteiger partial charge in [-0.15, -0.1) is 0 Å². The Balaban J connectivity index is 3.80. The molecule has 0 aliphatic rings. The number of aliphatic imine (C=N–C) groups is 1. The molecule has 0 bridgehead atoms. The molecule has 1 atom stereocenters. The topological polar surface area (TPSA) is 45.6 Å². The standard InChI is InChI=1S/C15H33N3O/c1-7-19-12-8-11-17-14(16-6)18-13(2)9-10-15(3,4)5/h13H,7-12H2,1-6H3,(H2,16,17,18). The van der Waals surface area contributed by atoms with Crippen LogP contribution in [0.5, 0.6) is 0 Å². The summed E-state index contributed by atoms with van der Waals surface area (Å²) >= 11 is 0. The van der Waals surface area contributed by atoms with Crippen LogP contribution in [0.15, 0.2) is 4.99 Å². The Hall–Kier alpha value is -0.770. The maximum atomic E-state index is 5.31. The first-order valence-electron chi connectivity index (χ1n) is 7.44. The average Bonchev–Trinajstić information content (AvgIpc) is 2.34. The van der Waals surface area contributed by atoms with Crippen LogP contribution < -0.4 is 10.6 Å². The molecule has 1 unspecified atom stereocenters. The third-order valence-corrected chi connectivity index (χ3v) is 2.90. The average molecular weight is 271 g/mol. The number of nitrogens with zero attached hydrogens (tertiary/aromatic N) is 1. The summed E-state index contributed by atoms with van der Waals surface area (Å²) < 4.78 is 5.31. The number of hydrogen-bond acceptors (Lipinski definition) is 2. The first-order valence-corrected chi connectivity index (χ1v) is 7.44. The molecular formula is C15H33N3O. The zero-order valence-corrected chi connectivity index (χ0v) is 13.7. The maximum Gasteiger partial charge on any atom is 0.191 e. The van der Waals surface area contributed by atoms with Crippen LogP contribution >= 0.6 is 0 Å². The monoisotopic (exact) mass is 271 g/mol. The van der Waals surface area contributed by atoms with Gasteiger partial charge in [0.15, 0.2) is 5.96 Å². The van der Waals surface area contributed by atoms with Crippen LogP contribution in [0.2, 0.25) is 0 Å². The van der Waals surface area contributed by atoms with Crippen molar-refractivity contribution in [2.24, 2.45) is 10.4 Å². The van der Waals surface area contributed by atoms with Crippen molar-refractivity contribution >= 4 is 5.96 Å². The van der Waals surface area contributed by atoms with E-state index in [1.165, 1.54) is 6.42 Å². The molecule has 0 heterocycles. The molecule has 0 aliphatic heterocycles. The third kappa shape index (κ3) is 12.0. The largest absolute Gasteiger partial charge is 0.382 e. The highest BCUT2D eigenvalue weighted by Crippen LogP contribution is 2.21. The summed E-state index contributed by atoms with van der Waals surface area (Å²) in [7, 11) is 1.81. The SMILES string of the molecule is CCOCCCNC(=NC)NC(C)CCC(C)(C)C. The Morgan fingerprint density at radius 3 is 2.53 bits per heavy atom. The van der Waals surface area contributed by atoms with Crippen molar-refractivity contribution < 1.29 is 4.74 Å². The van der Waals surface area contributed by atoms with E-state index >= 15 is 0 Å². The van der Waals surface area contributed by atoms with Gasteiger partial charge in [-0.05, 0) is 38.5 Å². The van der Waals surface area contributed by atoms with Crippen LogP contribution in [0.25, 0.3) is 0 Å². The van der Waals surface area contributed by atoms with Crippen LogP contribution in [-0.4, -0.2) is 38.8 Å². The van der Waals surface area contributed by atoms with Crippen molar-refractivity contribution in [1.29, 1.82) is 0 Å². The van der Waals surface area contributed by atoms with E-state index < -0.39 is 0 Å². The van der Waals surface area contributed by atoms with Crippen molar-refractivity contribution in [3.63, 3.8) is 0 Å². The molecule has 2 N–H and O–H groups in total. The molecule has 0 rings (SSSR count). The maximum absolute atomic E-state index is 5.31. The molecular weight excluding hydrogens is 238 g/mol. The summed E-state index contributed by atoms with van der Waals surface area (Å²) in [6.45, 7) is 13.5. The molecule has 0 fully saturated rings. The second-order valence-electron chi connectivity index (χ2n) is 6.19. The minimum atomic E-state index is 0.393. The summed E-state index contributed by atoms with van der Waals surface area (Å²) in [5.74, 6) is 0.887. The van der Waals surface area contributed by atoms with Gasteiger partial charge in [-0.3, -0.25) is 4.99 Å². The van der Waals surface area contributed by atoms with Gasteiger partial charge in [0.05, 0.1) is 0 Å². The van der Waals surface area contributed by atoms with E-state index in [0.717, 1.165) is 38.6 Å². The molecule has 0 saturated heterocycles. The Morgan fingerprint density at radius 1 is 1.32 bits per heavy atom. The number of hydrogen-bond donors (Lipinski definition) is 2. The molecule has 0 radical (unpaired) electrons. The molecule has 0 aromatic heterocycles. The minimum Gasteiger partial charge on any atom is -0.382 e. The smallest absolute Gasteiger partial charge is 0.191 e. The number of nitrogens with one attached hydrogen (secondary N) is 2. The van der Waals surface area contributed by atoms with E-state index in [4.69, 9.17) is 4.74 Å². The zero-order chi connectivity index (χ0) is 14.7. The molecule has 0 aliphatic carbocycles. The number of rotatable bonds is 8. The van der Waals surface area contributed by atoms with Crippen molar-refractivity contribution in [3.05, 3.63) is 0 Å². The van der Waals surface area contributed by atoms with Gasteiger partial charge in [0.1, 0.15) is 0 Å². The fraction of sp³-hybridized carbons (Fsp3) is 0.933. The van der Waals surface area contributed by atoms with Gasteiger partial charge in [-0.2, -0.15) is 0 Å². The Morgan fingerprint density at radius 2 is 2.00 bits per heavy atom. The Kier molecular flexibility index (Phi) is 9.66. The highest BCUT2D eigenvalue weighted by Gasteiger charge is 2.13. The van der Waals surface area contributed by atoms with Gasteiger partial charge in [-0.1, -0.05) is 20.8 Å². The summed E-state index contributed by atoms with van der Waals surface area (Å²) in [6.07, 6.45) is 3.37. The van der Waals surface area contributed by atoms with Gasteiger partial charge in [0, 0.05) is 32.8 Å². The Bertz CT molecular complexity index is 246. The molecule has 114 valence electrons. The van der Waals surface area contributed by atoms with Crippen LogP contribution in [0.4, 0.5) is 0 Å². The Labute approximate surface area is 119 Å². The predicted molar refractivity (Wildman–Crippen MR) is 83.8 cm³/mol. The minimum absolute atomic E-state index is 0.393. The molecule has 0 aromatic rings. The van der Waals surface area contributed by atoms with E-state index in [2.05, 4.69) is 43.3 Å². The second-order valence-corrected chi connectivity index (χ2v) is 6.19. The quantitative estimate of drug-likeness (QED) is 0.405. The van der Waals surface area contributed by atoms with E-state index in [1.807, 2.05) is 14.0 Å². The van der Waals surface area contributed by atoms with Crippen LogP contribution in [0.3, 0.4) is 0 Å². The third-order valence-electron chi connectivity index (χ3n) is 2.90. The molecule has 0 aromatic carbocycles. The highest BCUT2D eigenvalue weighted by molar-refractivity contribution is 5.79. The van der Waals surface area contributed by atoms with Crippen molar-refractivity contribution in [2.75, 3.05) is 26.8 Å². The predicted octanol–water partition coefficient (Wildman–Crippen LogP) is 2.79. The lowest BCUT2D eigenvalue weighted by Gasteiger charge is -2.23. The van der Waals surface area contributed by atoms with Gasteiger partial charge < -0.3 is 15.4 Å². The number of ether oxygens (including phenoxy) is 1. The van der Waals surface area contributed by atoms with Crippen molar-refractivity contribution in [3.8, 4) is 0 Å². The zero-order valence-electron chi connectivity index (χ0n) is 13.7. The summed E-state index contributed by atoms with van der Waals surface area (Å²) in [5, 5.41) is 6.74.